The normalized spacial score (nSPS) is 15.6. The molecule has 2 unspecified atom stereocenters. The third-order valence-corrected chi connectivity index (χ3v) is 11.2. The number of alkyl carbamates (subject to hydrolysis) is 1. The van der Waals surface area contributed by atoms with Crippen molar-refractivity contribution in [1.29, 1.82) is 0 Å². The molecule has 22 heteroatoms. The predicted molar refractivity (Wildman–Crippen MR) is 252 cm³/mol. The van der Waals surface area contributed by atoms with Gasteiger partial charge >= 0.3 is 6.09 Å². The third-order valence-electron chi connectivity index (χ3n) is 10.3. The molecule has 376 valence electrons. The van der Waals surface area contributed by atoms with Crippen LogP contribution in [-0.4, -0.2) is 165 Å². The number of rotatable bonds is 31. The number of β-amino-alcohol motifs (C(OH)–C–C–N with tert-alkyl or cyclic N) is 1. The van der Waals surface area contributed by atoms with Gasteiger partial charge in [0.05, 0.1) is 94.9 Å². The molecule has 1 aromatic carbocycles. The maximum absolute atomic E-state index is 13.9. The van der Waals surface area contributed by atoms with E-state index in [2.05, 4.69) is 41.5 Å². The second-order valence-electron chi connectivity index (χ2n) is 16.9. The Morgan fingerprint density at radius 3 is 1.96 bits per heavy atom. The smallest absolute Gasteiger partial charge is 0.408 e. The summed E-state index contributed by atoms with van der Waals surface area (Å²) in [6.45, 7) is 13.0. The van der Waals surface area contributed by atoms with E-state index in [1.54, 1.807) is 36.7 Å². The number of hydrogen-bond acceptors (Lipinski definition) is 17. The van der Waals surface area contributed by atoms with Gasteiger partial charge in [-0.1, -0.05) is 45.0 Å². The number of aromatic nitrogens is 3. The fourth-order valence-electron chi connectivity index (χ4n) is 6.70. The van der Waals surface area contributed by atoms with Crippen molar-refractivity contribution >= 4 is 47.0 Å². The van der Waals surface area contributed by atoms with Gasteiger partial charge in [0, 0.05) is 51.3 Å². The van der Waals surface area contributed by atoms with Crippen LogP contribution in [0, 0.1) is 12.3 Å². The standard InChI is InChI=1S/C46H69N9O12S/c1-32-40(68-31-51-32)35-10-8-34(9-11-35)29-50-42(59)37-28-36(56)30-55(37)43(60)41(46(3,4)5)54-39(58)13-19-63-21-23-65-25-27-66-26-24-64-22-20-62-18-12-38(57)47-16-7-17-67-45(61)53-33(2)52-44-48-14-6-15-49-44/h6,8-11,14-15,31,33,36-37,41,56H,7,12-13,16-30H2,1-5H3,(H,47,57)(H,50,59)(H,53,61)(H,54,58)(H,48,49,52)/t33?,36-,37?,41+/m1/s1. The number of carbonyl (C=O) groups is 5. The summed E-state index contributed by atoms with van der Waals surface area (Å²) in [7, 11) is 0. The predicted octanol–water partition coefficient (Wildman–Crippen LogP) is 2.57. The molecular weight excluding hydrogens is 903 g/mol. The average molecular weight is 972 g/mol. The first-order valence-electron chi connectivity index (χ1n) is 22.9. The van der Waals surface area contributed by atoms with Crippen molar-refractivity contribution in [3.05, 3.63) is 59.5 Å². The molecule has 1 aliphatic heterocycles. The Bertz CT molecular complexity index is 1970. The van der Waals surface area contributed by atoms with E-state index in [0.29, 0.717) is 65.2 Å². The lowest BCUT2D eigenvalue weighted by atomic mass is 9.85. The maximum Gasteiger partial charge on any atom is 0.408 e. The van der Waals surface area contributed by atoms with Gasteiger partial charge in [-0.15, -0.1) is 11.3 Å². The second kappa shape index (κ2) is 30.2. The molecule has 0 radical (unpaired) electrons. The van der Waals surface area contributed by atoms with Crippen molar-refractivity contribution < 1.29 is 57.5 Å². The van der Waals surface area contributed by atoms with E-state index in [0.717, 1.165) is 21.7 Å². The first-order chi connectivity index (χ1) is 32.7. The highest BCUT2D eigenvalue weighted by molar-refractivity contribution is 7.13. The lowest BCUT2D eigenvalue weighted by Gasteiger charge is -2.35. The van der Waals surface area contributed by atoms with Crippen LogP contribution in [0.5, 0.6) is 0 Å². The molecule has 0 saturated carbocycles. The van der Waals surface area contributed by atoms with E-state index in [1.807, 2.05) is 57.5 Å². The van der Waals surface area contributed by atoms with Gasteiger partial charge in [-0.3, -0.25) is 19.2 Å². The number of aliphatic hydroxyl groups excluding tert-OH is 1. The number of nitrogens with one attached hydrogen (secondary N) is 5. The van der Waals surface area contributed by atoms with Crippen molar-refractivity contribution in [1.82, 2.24) is 41.1 Å². The minimum absolute atomic E-state index is 0.0114. The summed E-state index contributed by atoms with van der Waals surface area (Å²) in [5.41, 5.74) is 4.03. The number of carbonyl (C=O) groups excluding carboxylic acids is 5. The first-order valence-corrected chi connectivity index (χ1v) is 23.8. The molecule has 68 heavy (non-hydrogen) atoms. The van der Waals surface area contributed by atoms with Gasteiger partial charge in [0.2, 0.25) is 29.6 Å². The number of hydrogen-bond donors (Lipinski definition) is 6. The molecule has 2 aromatic heterocycles. The molecule has 6 N–H and O–H groups in total. The van der Waals surface area contributed by atoms with Crippen molar-refractivity contribution in [2.45, 2.75) is 91.2 Å². The summed E-state index contributed by atoms with van der Waals surface area (Å²) >= 11 is 1.57. The summed E-state index contributed by atoms with van der Waals surface area (Å²) in [6.07, 6.45) is 2.04. The molecule has 0 spiro atoms. The van der Waals surface area contributed by atoms with E-state index in [9.17, 15) is 29.1 Å². The van der Waals surface area contributed by atoms with Crippen LogP contribution in [-0.2, 0) is 54.1 Å². The highest BCUT2D eigenvalue weighted by Gasteiger charge is 2.44. The Balaban J connectivity index is 0.949. The summed E-state index contributed by atoms with van der Waals surface area (Å²) < 4.78 is 32.7. The number of thiazole rings is 1. The van der Waals surface area contributed by atoms with Crippen LogP contribution >= 0.6 is 11.3 Å². The number of ether oxygens (including phenoxy) is 6. The van der Waals surface area contributed by atoms with E-state index in [1.165, 1.54) is 4.90 Å². The third kappa shape index (κ3) is 20.9. The fraction of sp³-hybridized carbons (Fsp3) is 0.609. The monoisotopic (exact) mass is 971 g/mol. The molecule has 3 aromatic rings. The maximum atomic E-state index is 13.9. The van der Waals surface area contributed by atoms with Gasteiger partial charge in [0.1, 0.15) is 18.2 Å². The zero-order valence-corrected chi connectivity index (χ0v) is 40.6. The Morgan fingerprint density at radius 2 is 1.38 bits per heavy atom. The van der Waals surface area contributed by atoms with Crippen LogP contribution in [0.2, 0.25) is 0 Å². The second-order valence-corrected chi connectivity index (χ2v) is 17.8. The molecule has 5 amide bonds. The Labute approximate surface area is 402 Å². The van der Waals surface area contributed by atoms with Crippen LogP contribution < -0.4 is 26.6 Å². The molecule has 1 saturated heterocycles. The number of benzene rings is 1. The molecule has 1 aliphatic rings. The zero-order chi connectivity index (χ0) is 49.2. The quantitative estimate of drug-likeness (QED) is 0.0400. The topological polar surface area (TPSA) is 263 Å². The van der Waals surface area contributed by atoms with Gasteiger partial charge in [-0.05, 0) is 42.9 Å². The van der Waals surface area contributed by atoms with Crippen molar-refractivity contribution in [2.24, 2.45) is 5.41 Å². The summed E-state index contributed by atoms with van der Waals surface area (Å²) in [5.74, 6) is -0.961. The average Bonchev–Trinajstić information content (AvgIpc) is 3.93. The lowest BCUT2D eigenvalue weighted by Crippen LogP contribution is -2.57. The molecular formula is C46H69N9O12S. The molecule has 0 bridgehead atoms. The number of amides is 5. The largest absolute Gasteiger partial charge is 0.449 e. The summed E-state index contributed by atoms with van der Waals surface area (Å²) in [6, 6.07) is 7.72. The van der Waals surface area contributed by atoms with Gasteiger partial charge in [0.25, 0.3) is 0 Å². The van der Waals surface area contributed by atoms with E-state index < -0.39 is 41.8 Å². The van der Waals surface area contributed by atoms with Gasteiger partial charge in [0.15, 0.2) is 0 Å². The zero-order valence-electron chi connectivity index (χ0n) is 39.8. The molecule has 3 heterocycles. The SMILES string of the molecule is Cc1ncsc1-c1ccc(CNC(=O)C2C[C@@H](O)CN2C(=O)[C@H](NC(=O)CCOCCOCCOCCOCCOCCC(=O)NCCCOC(=O)NC(C)Nc2ncccn2)C(C)(C)C)cc1. The fourth-order valence-corrected chi connectivity index (χ4v) is 7.51. The van der Waals surface area contributed by atoms with Gasteiger partial charge in [-0.25, -0.2) is 19.7 Å². The molecule has 1 fully saturated rings. The molecule has 4 rings (SSSR count). The summed E-state index contributed by atoms with van der Waals surface area (Å²) in [4.78, 5) is 79.0. The molecule has 21 nitrogen and oxygen atoms in total. The number of nitrogens with zero attached hydrogens (tertiary/aromatic N) is 4. The van der Waals surface area contributed by atoms with E-state index in [4.69, 9.17) is 28.4 Å². The lowest BCUT2D eigenvalue weighted by molar-refractivity contribution is -0.144. The van der Waals surface area contributed by atoms with Crippen LogP contribution in [0.1, 0.15) is 64.6 Å². The van der Waals surface area contributed by atoms with E-state index in [-0.39, 0.29) is 76.5 Å². The highest BCUT2D eigenvalue weighted by atomic mass is 32.1. The van der Waals surface area contributed by atoms with Crippen LogP contribution in [0.15, 0.2) is 48.2 Å². The Kier molecular flexibility index (Phi) is 24.5. The Morgan fingerprint density at radius 1 is 0.794 bits per heavy atom. The van der Waals surface area contributed by atoms with Gasteiger partial charge < -0.3 is 65.0 Å². The van der Waals surface area contributed by atoms with Crippen molar-refractivity contribution in [2.75, 3.05) is 91.1 Å². The Hall–Kier alpha value is -5.36. The number of aryl methyl sites for hydroxylation is 1. The minimum atomic E-state index is -0.935. The highest BCUT2D eigenvalue weighted by Crippen LogP contribution is 2.28. The van der Waals surface area contributed by atoms with Gasteiger partial charge in [-0.2, -0.15) is 0 Å². The van der Waals surface area contributed by atoms with Crippen molar-refractivity contribution in [3.8, 4) is 10.4 Å². The van der Waals surface area contributed by atoms with Crippen molar-refractivity contribution in [3.63, 3.8) is 0 Å². The van der Waals surface area contributed by atoms with Crippen LogP contribution in [0.3, 0.4) is 0 Å². The first kappa shape index (κ1) is 55.2. The summed E-state index contributed by atoms with van der Waals surface area (Å²) in [5, 5.41) is 24.6. The number of aliphatic hydroxyl groups is 1. The number of likely N-dealkylation sites (tertiary alicyclic amines) is 1. The molecule has 0 aliphatic carbocycles. The minimum Gasteiger partial charge on any atom is -0.449 e. The van der Waals surface area contributed by atoms with Crippen LogP contribution in [0.25, 0.3) is 10.4 Å². The molecule has 4 atom stereocenters. The number of anilines is 1. The van der Waals surface area contributed by atoms with E-state index >= 15 is 0 Å². The van der Waals surface area contributed by atoms with Crippen LogP contribution in [0.4, 0.5) is 10.7 Å².